The first-order chi connectivity index (χ1) is 9.10. The number of carbonyl (C=O) groups is 1. The lowest BCUT2D eigenvalue weighted by Gasteiger charge is -2.22. The molecule has 4 nitrogen and oxygen atoms in total. The third-order valence-electron chi connectivity index (χ3n) is 3.28. The number of urea groups is 1. The van der Waals surface area contributed by atoms with Gasteiger partial charge in [0.25, 0.3) is 0 Å². The molecule has 1 aromatic carbocycles. The summed E-state index contributed by atoms with van der Waals surface area (Å²) < 4.78 is 0. The summed E-state index contributed by atoms with van der Waals surface area (Å²) in [7, 11) is 0. The van der Waals surface area contributed by atoms with Gasteiger partial charge in [0.2, 0.25) is 0 Å². The van der Waals surface area contributed by atoms with E-state index in [4.69, 9.17) is 5.11 Å². The van der Waals surface area contributed by atoms with Crippen molar-refractivity contribution in [2.24, 2.45) is 0 Å². The normalized spacial score (nSPS) is 10.3. The number of benzene rings is 1. The Morgan fingerprint density at radius 1 is 1.32 bits per heavy atom. The molecule has 0 saturated carbocycles. The van der Waals surface area contributed by atoms with Crippen molar-refractivity contribution in [3.63, 3.8) is 0 Å². The highest BCUT2D eigenvalue weighted by Crippen LogP contribution is 2.18. The summed E-state index contributed by atoms with van der Waals surface area (Å²) in [6.45, 7) is 7.13. The molecule has 1 rings (SSSR count). The zero-order valence-corrected chi connectivity index (χ0v) is 12.1. The first-order valence-electron chi connectivity index (χ1n) is 6.83. The quantitative estimate of drug-likeness (QED) is 0.830. The molecule has 0 heterocycles. The van der Waals surface area contributed by atoms with Crippen molar-refractivity contribution in [3.8, 4) is 0 Å². The molecule has 0 radical (unpaired) electrons. The Labute approximate surface area is 115 Å². The van der Waals surface area contributed by atoms with E-state index in [0.717, 1.165) is 29.7 Å². The fourth-order valence-electron chi connectivity index (χ4n) is 1.87. The Kier molecular flexibility index (Phi) is 6.36. The van der Waals surface area contributed by atoms with Crippen LogP contribution in [0, 0.1) is 13.8 Å². The van der Waals surface area contributed by atoms with Crippen molar-refractivity contribution in [1.82, 2.24) is 4.90 Å². The van der Waals surface area contributed by atoms with Gasteiger partial charge in [0.1, 0.15) is 0 Å². The van der Waals surface area contributed by atoms with Gasteiger partial charge < -0.3 is 15.3 Å². The van der Waals surface area contributed by atoms with Crippen LogP contribution in [-0.2, 0) is 0 Å². The van der Waals surface area contributed by atoms with E-state index in [-0.39, 0.29) is 12.6 Å². The van der Waals surface area contributed by atoms with Crippen molar-refractivity contribution in [1.29, 1.82) is 0 Å². The Morgan fingerprint density at radius 3 is 2.68 bits per heavy atom. The number of nitrogens with zero attached hydrogens (tertiary/aromatic N) is 1. The van der Waals surface area contributed by atoms with Crippen LogP contribution in [0.25, 0.3) is 0 Å². The second kappa shape index (κ2) is 7.79. The average Bonchev–Trinajstić information content (AvgIpc) is 2.39. The largest absolute Gasteiger partial charge is 0.395 e. The minimum Gasteiger partial charge on any atom is -0.395 e. The molecule has 4 heteroatoms. The van der Waals surface area contributed by atoms with Gasteiger partial charge >= 0.3 is 6.03 Å². The van der Waals surface area contributed by atoms with Crippen LogP contribution in [0.4, 0.5) is 10.5 Å². The Morgan fingerprint density at radius 2 is 2.05 bits per heavy atom. The predicted octanol–water partition coefficient (Wildman–Crippen LogP) is 2.93. The lowest BCUT2D eigenvalue weighted by atomic mass is 10.1. The third-order valence-corrected chi connectivity index (χ3v) is 3.28. The maximum atomic E-state index is 12.2. The number of aliphatic hydroxyl groups excluding tert-OH is 1. The van der Waals surface area contributed by atoms with E-state index in [1.54, 1.807) is 4.90 Å². The van der Waals surface area contributed by atoms with Crippen LogP contribution in [-0.4, -0.2) is 35.7 Å². The molecule has 0 aliphatic heterocycles. The maximum absolute atomic E-state index is 12.2. The molecule has 0 spiro atoms. The van der Waals surface area contributed by atoms with E-state index in [1.165, 1.54) is 0 Å². The van der Waals surface area contributed by atoms with E-state index in [2.05, 4.69) is 12.2 Å². The van der Waals surface area contributed by atoms with Crippen molar-refractivity contribution in [3.05, 3.63) is 29.3 Å². The van der Waals surface area contributed by atoms with E-state index in [1.807, 2.05) is 32.0 Å². The van der Waals surface area contributed by atoms with Gasteiger partial charge in [-0.25, -0.2) is 4.79 Å². The van der Waals surface area contributed by atoms with Crippen LogP contribution in [0.3, 0.4) is 0 Å². The molecular weight excluding hydrogens is 240 g/mol. The van der Waals surface area contributed by atoms with Crippen molar-refractivity contribution in [2.45, 2.75) is 33.6 Å². The SMILES string of the molecule is CCCCN(CCO)C(=O)Nc1cccc(C)c1C. The summed E-state index contributed by atoms with van der Waals surface area (Å²) in [6.07, 6.45) is 1.97. The maximum Gasteiger partial charge on any atom is 0.321 e. The van der Waals surface area contributed by atoms with E-state index < -0.39 is 0 Å². The number of unbranched alkanes of at least 4 members (excludes halogenated alkanes) is 1. The highest BCUT2D eigenvalue weighted by molar-refractivity contribution is 5.90. The molecule has 0 aliphatic carbocycles. The number of aryl methyl sites for hydroxylation is 1. The predicted molar refractivity (Wildman–Crippen MR) is 78.5 cm³/mol. The van der Waals surface area contributed by atoms with Gasteiger partial charge in [-0.2, -0.15) is 0 Å². The van der Waals surface area contributed by atoms with Gasteiger partial charge in [-0.3, -0.25) is 0 Å². The molecule has 0 saturated heterocycles. The highest BCUT2D eigenvalue weighted by Gasteiger charge is 2.13. The fraction of sp³-hybridized carbons (Fsp3) is 0.533. The lowest BCUT2D eigenvalue weighted by Crippen LogP contribution is -2.37. The molecule has 19 heavy (non-hydrogen) atoms. The molecule has 0 bridgehead atoms. The van der Waals surface area contributed by atoms with Crippen LogP contribution < -0.4 is 5.32 Å². The van der Waals surface area contributed by atoms with Crippen LogP contribution in [0.5, 0.6) is 0 Å². The van der Waals surface area contributed by atoms with Gasteiger partial charge in [-0.1, -0.05) is 25.5 Å². The second-order valence-electron chi connectivity index (χ2n) is 4.74. The summed E-state index contributed by atoms with van der Waals surface area (Å²) in [4.78, 5) is 13.8. The van der Waals surface area contributed by atoms with E-state index in [0.29, 0.717) is 13.1 Å². The summed E-state index contributed by atoms with van der Waals surface area (Å²) >= 11 is 0. The zero-order chi connectivity index (χ0) is 14.3. The highest BCUT2D eigenvalue weighted by atomic mass is 16.3. The summed E-state index contributed by atoms with van der Waals surface area (Å²) in [6, 6.07) is 5.71. The first-order valence-corrected chi connectivity index (χ1v) is 6.83. The molecule has 0 atom stereocenters. The molecule has 1 aromatic rings. The minimum atomic E-state index is -0.142. The van der Waals surface area contributed by atoms with Crippen molar-refractivity contribution < 1.29 is 9.90 Å². The van der Waals surface area contributed by atoms with Crippen LogP contribution >= 0.6 is 0 Å². The number of carbonyl (C=O) groups excluding carboxylic acids is 1. The standard InChI is InChI=1S/C15H24N2O2/c1-4-5-9-17(10-11-18)15(19)16-14-8-6-7-12(2)13(14)3/h6-8,18H,4-5,9-11H2,1-3H3,(H,16,19). The minimum absolute atomic E-state index is 0.00999. The van der Waals surface area contributed by atoms with Crippen molar-refractivity contribution >= 4 is 11.7 Å². The Bertz CT molecular complexity index is 419. The van der Waals surface area contributed by atoms with Crippen LogP contribution in [0.2, 0.25) is 0 Å². The van der Waals surface area contributed by atoms with E-state index in [9.17, 15) is 4.79 Å². The Balaban J connectivity index is 2.72. The van der Waals surface area contributed by atoms with Gasteiger partial charge in [0.05, 0.1) is 6.61 Å². The molecule has 2 amide bonds. The number of hydrogen-bond acceptors (Lipinski definition) is 2. The third kappa shape index (κ3) is 4.56. The molecule has 0 aliphatic rings. The van der Waals surface area contributed by atoms with Gasteiger partial charge in [0, 0.05) is 18.8 Å². The number of aliphatic hydroxyl groups is 1. The van der Waals surface area contributed by atoms with Crippen LogP contribution in [0.1, 0.15) is 30.9 Å². The lowest BCUT2D eigenvalue weighted by molar-refractivity contribution is 0.187. The first kappa shape index (κ1) is 15.5. The molecule has 0 fully saturated rings. The Hall–Kier alpha value is -1.55. The average molecular weight is 264 g/mol. The summed E-state index contributed by atoms with van der Waals surface area (Å²) in [5.41, 5.74) is 3.07. The number of hydrogen-bond donors (Lipinski definition) is 2. The fourth-order valence-corrected chi connectivity index (χ4v) is 1.87. The number of anilines is 1. The monoisotopic (exact) mass is 264 g/mol. The van der Waals surface area contributed by atoms with Crippen molar-refractivity contribution in [2.75, 3.05) is 25.0 Å². The molecule has 0 aromatic heterocycles. The second-order valence-corrected chi connectivity index (χ2v) is 4.74. The molecular formula is C15H24N2O2. The number of nitrogens with one attached hydrogen (secondary N) is 1. The zero-order valence-electron chi connectivity index (χ0n) is 12.1. The summed E-state index contributed by atoms with van der Waals surface area (Å²) in [5.74, 6) is 0. The van der Waals surface area contributed by atoms with Gasteiger partial charge in [-0.05, 0) is 37.5 Å². The van der Waals surface area contributed by atoms with E-state index >= 15 is 0 Å². The summed E-state index contributed by atoms with van der Waals surface area (Å²) in [5, 5.41) is 11.9. The molecule has 0 unspecified atom stereocenters. The smallest absolute Gasteiger partial charge is 0.321 e. The van der Waals surface area contributed by atoms with Crippen LogP contribution in [0.15, 0.2) is 18.2 Å². The van der Waals surface area contributed by atoms with Gasteiger partial charge in [0.15, 0.2) is 0 Å². The molecule has 106 valence electrons. The molecule has 2 N–H and O–H groups in total. The topological polar surface area (TPSA) is 52.6 Å². The number of rotatable bonds is 6. The van der Waals surface area contributed by atoms with Gasteiger partial charge in [-0.15, -0.1) is 0 Å². The number of amides is 2.